The van der Waals surface area contributed by atoms with Crippen molar-refractivity contribution in [1.82, 2.24) is 0 Å². The average Bonchev–Trinajstić information content (AvgIpc) is 2.20. The fraction of sp³-hybridized carbons (Fsp3) is 0.222. The lowest BCUT2D eigenvalue weighted by Crippen LogP contribution is -2.21. The second-order valence-electron chi connectivity index (χ2n) is 2.60. The predicted octanol–water partition coefficient (Wildman–Crippen LogP) is 1.78. The molecule has 1 aromatic carbocycles. The highest BCUT2D eigenvalue weighted by atomic mass is 79.9. The number of benzene rings is 1. The van der Waals surface area contributed by atoms with Crippen LogP contribution in [-0.4, -0.2) is 19.6 Å². The lowest BCUT2D eigenvalue weighted by Gasteiger charge is -2.07. The molecule has 4 nitrogen and oxygen atoms in total. The molecule has 0 aliphatic rings. The minimum absolute atomic E-state index is 0. The van der Waals surface area contributed by atoms with Gasteiger partial charge in [-0.2, -0.15) is 0 Å². The quantitative estimate of drug-likeness (QED) is 0.893. The summed E-state index contributed by atoms with van der Waals surface area (Å²) in [7, 11) is 1.58. The highest BCUT2D eigenvalue weighted by Crippen LogP contribution is 2.26. The summed E-state index contributed by atoms with van der Waals surface area (Å²) in [5.74, 6) is 0.499. The lowest BCUT2D eigenvalue weighted by atomic mass is 10.3. The smallest absolute Gasteiger partial charge is 0.238 e. The second-order valence-corrected chi connectivity index (χ2v) is 3.45. The van der Waals surface area contributed by atoms with Crippen LogP contribution in [0.5, 0.6) is 5.75 Å². The normalized spacial score (nSPS) is 9.00. The standard InChI is InChI=1S/C9H11BrN2O2.ClH/c1-14-6-2-3-8(7(10)4-6)12-9(13)5-11;/h2-4H,5,11H2,1H3,(H,12,13);1H. The van der Waals surface area contributed by atoms with Crippen molar-refractivity contribution in [3.8, 4) is 5.75 Å². The molecule has 0 aromatic heterocycles. The third-order valence-electron chi connectivity index (χ3n) is 1.64. The van der Waals surface area contributed by atoms with Gasteiger partial charge >= 0.3 is 0 Å². The fourth-order valence-corrected chi connectivity index (χ4v) is 1.38. The number of nitrogens with two attached hydrogens (primary N) is 1. The van der Waals surface area contributed by atoms with Gasteiger partial charge in [0.05, 0.1) is 19.3 Å². The van der Waals surface area contributed by atoms with E-state index in [-0.39, 0.29) is 24.9 Å². The molecule has 0 radical (unpaired) electrons. The van der Waals surface area contributed by atoms with Gasteiger partial charge in [-0.3, -0.25) is 4.79 Å². The summed E-state index contributed by atoms with van der Waals surface area (Å²) in [6.45, 7) is -0.0293. The van der Waals surface area contributed by atoms with Crippen LogP contribution in [0.2, 0.25) is 0 Å². The van der Waals surface area contributed by atoms with E-state index in [1.165, 1.54) is 0 Å². The lowest BCUT2D eigenvalue weighted by molar-refractivity contribution is -0.114. The van der Waals surface area contributed by atoms with Crippen molar-refractivity contribution in [3.05, 3.63) is 22.7 Å². The molecule has 1 amide bonds. The highest BCUT2D eigenvalue weighted by Gasteiger charge is 2.04. The van der Waals surface area contributed by atoms with Crippen LogP contribution in [0.1, 0.15) is 0 Å². The van der Waals surface area contributed by atoms with E-state index in [1.807, 2.05) is 0 Å². The van der Waals surface area contributed by atoms with Gasteiger partial charge in [0, 0.05) is 4.47 Å². The van der Waals surface area contributed by atoms with Gasteiger partial charge in [0.15, 0.2) is 0 Å². The van der Waals surface area contributed by atoms with Crippen LogP contribution in [0.25, 0.3) is 0 Å². The maximum Gasteiger partial charge on any atom is 0.238 e. The first-order chi connectivity index (χ1) is 6.67. The van der Waals surface area contributed by atoms with Crippen LogP contribution < -0.4 is 15.8 Å². The topological polar surface area (TPSA) is 64.3 Å². The Balaban J connectivity index is 0.00000196. The maximum atomic E-state index is 11.0. The van der Waals surface area contributed by atoms with Crippen molar-refractivity contribution < 1.29 is 9.53 Å². The third-order valence-corrected chi connectivity index (χ3v) is 2.29. The molecule has 0 aliphatic carbocycles. The van der Waals surface area contributed by atoms with Gasteiger partial charge in [-0.05, 0) is 34.1 Å². The zero-order chi connectivity index (χ0) is 10.6. The first-order valence-corrected chi connectivity index (χ1v) is 4.80. The number of anilines is 1. The monoisotopic (exact) mass is 294 g/mol. The Morgan fingerprint density at radius 3 is 2.73 bits per heavy atom. The molecule has 0 spiro atoms. The van der Waals surface area contributed by atoms with E-state index in [9.17, 15) is 4.79 Å². The van der Waals surface area contributed by atoms with E-state index in [4.69, 9.17) is 10.5 Å². The van der Waals surface area contributed by atoms with E-state index in [0.717, 1.165) is 10.2 Å². The Morgan fingerprint density at radius 2 is 2.27 bits per heavy atom. The molecule has 0 unspecified atom stereocenters. The van der Waals surface area contributed by atoms with Gasteiger partial charge in [0.1, 0.15) is 5.75 Å². The summed E-state index contributed by atoms with van der Waals surface area (Å²) in [6.07, 6.45) is 0. The van der Waals surface area contributed by atoms with E-state index < -0.39 is 0 Å². The highest BCUT2D eigenvalue weighted by molar-refractivity contribution is 9.10. The molecule has 0 saturated carbocycles. The Morgan fingerprint density at radius 1 is 1.60 bits per heavy atom. The van der Waals surface area contributed by atoms with Gasteiger partial charge in [-0.25, -0.2) is 0 Å². The Labute approximate surface area is 103 Å². The molecule has 0 saturated heterocycles. The van der Waals surface area contributed by atoms with Crippen molar-refractivity contribution in [1.29, 1.82) is 0 Å². The molecule has 1 rings (SSSR count). The SMILES string of the molecule is COc1ccc(NC(=O)CN)c(Br)c1.Cl. The molecule has 15 heavy (non-hydrogen) atoms. The van der Waals surface area contributed by atoms with Gasteiger partial charge in [0.25, 0.3) is 0 Å². The molecule has 0 heterocycles. The van der Waals surface area contributed by atoms with Crippen LogP contribution >= 0.6 is 28.3 Å². The van der Waals surface area contributed by atoms with Crippen LogP contribution in [0, 0.1) is 0 Å². The Kier molecular flexibility index (Phi) is 6.31. The molecule has 84 valence electrons. The van der Waals surface area contributed by atoms with Gasteiger partial charge < -0.3 is 15.8 Å². The van der Waals surface area contributed by atoms with Crippen molar-refractivity contribution in [2.45, 2.75) is 0 Å². The molecule has 0 fully saturated rings. The molecule has 1 aromatic rings. The summed E-state index contributed by atoms with van der Waals surface area (Å²) >= 11 is 3.31. The molecule has 0 aliphatic heterocycles. The number of carbonyl (C=O) groups is 1. The number of methoxy groups -OCH3 is 1. The van der Waals surface area contributed by atoms with E-state index in [2.05, 4.69) is 21.2 Å². The van der Waals surface area contributed by atoms with Crippen molar-refractivity contribution >= 4 is 39.9 Å². The van der Waals surface area contributed by atoms with Gasteiger partial charge in [-0.1, -0.05) is 0 Å². The number of halogens is 2. The minimum atomic E-state index is -0.226. The van der Waals surface area contributed by atoms with E-state index in [0.29, 0.717) is 5.69 Å². The fourth-order valence-electron chi connectivity index (χ4n) is 0.925. The number of ether oxygens (including phenoxy) is 1. The third kappa shape index (κ3) is 4.07. The molecule has 6 heteroatoms. The number of hydrogen-bond acceptors (Lipinski definition) is 3. The van der Waals surface area contributed by atoms with E-state index in [1.54, 1.807) is 25.3 Å². The van der Waals surface area contributed by atoms with Gasteiger partial charge in [0.2, 0.25) is 5.91 Å². The minimum Gasteiger partial charge on any atom is -0.497 e. The van der Waals surface area contributed by atoms with Crippen molar-refractivity contribution in [2.75, 3.05) is 19.0 Å². The zero-order valence-corrected chi connectivity index (χ0v) is 10.5. The number of carbonyl (C=O) groups excluding carboxylic acids is 1. The molecule has 0 atom stereocenters. The predicted molar refractivity (Wildman–Crippen MR) is 65.6 cm³/mol. The first kappa shape index (κ1) is 14.2. The summed E-state index contributed by atoms with van der Waals surface area (Å²) in [5, 5.41) is 2.64. The van der Waals surface area contributed by atoms with Crippen molar-refractivity contribution in [3.63, 3.8) is 0 Å². The van der Waals surface area contributed by atoms with Crippen LogP contribution in [0.3, 0.4) is 0 Å². The zero-order valence-electron chi connectivity index (χ0n) is 8.12. The molecular weight excluding hydrogens is 283 g/mol. The van der Waals surface area contributed by atoms with Crippen LogP contribution in [-0.2, 0) is 4.79 Å². The number of nitrogens with one attached hydrogen (secondary N) is 1. The Bertz CT molecular complexity index is 347. The molecule has 0 bridgehead atoms. The average molecular weight is 296 g/mol. The number of rotatable bonds is 3. The summed E-state index contributed by atoms with van der Waals surface area (Å²) in [6, 6.07) is 5.28. The summed E-state index contributed by atoms with van der Waals surface area (Å²) in [5.41, 5.74) is 5.86. The van der Waals surface area contributed by atoms with Gasteiger partial charge in [-0.15, -0.1) is 12.4 Å². The van der Waals surface area contributed by atoms with Crippen molar-refractivity contribution in [2.24, 2.45) is 5.73 Å². The van der Waals surface area contributed by atoms with E-state index >= 15 is 0 Å². The molecule has 3 N–H and O–H groups in total. The summed E-state index contributed by atoms with van der Waals surface area (Å²) < 4.78 is 5.78. The number of amides is 1. The maximum absolute atomic E-state index is 11.0. The summed E-state index contributed by atoms with van der Waals surface area (Å²) in [4.78, 5) is 11.0. The largest absolute Gasteiger partial charge is 0.497 e. The van der Waals surface area contributed by atoms with Crippen LogP contribution in [0.15, 0.2) is 22.7 Å². The first-order valence-electron chi connectivity index (χ1n) is 4.01. The molecular formula is C9H12BrClN2O2. The Hall–Kier alpha value is -0.780. The second kappa shape index (κ2) is 6.66. The number of hydrogen-bond donors (Lipinski definition) is 2. The van der Waals surface area contributed by atoms with Crippen LogP contribution in [0.4, 0.5) is 5.69 Å².